The van der Waals surface area contributed by atoms with E-state index in [1.165, 1.54) is 0 Å². The van der Waals surface area contributed by atoms with Crippen molar-refractivity contribution in [3.63, 3.8) is 0 Å². The predicted octanol–water partition coefficient (Wildman–Crippen LogP) is 2.55. The third kappa shape index (κ3) is 4.89. The largest absolute Gasteiger partial charge is 0.477 e. The van der Waals surface area contributed by atoms with Gasteiger partial charge >= 0.3 is 5.97 Å². The third-order valence-electron chi connectivity index (χ3n) is 3.43. The monoisotopic (exact) mass is 315 g/mol. The Bertz CT molecular complexity index is 557. The van der Waals surface area contributed by atoms with Crippen LogP contribution in [0.3, 0.4) is 0 Å². The van der Waals surface area contributed by atoms with Crippen LogP contribution in [0.4, 0.5) is 0 Å². The highest BCUT2D eigenvalue weighted by atomic mass is 16.7. The van der Waals surface area contributed by atoms with Gasteiger partial charge in [0.15, 0.2) is 0 Å². The second-order valence-corrected chi connectivity index (χ2v) is 5.15. The summed E-state index contributed by atoms with van der Waals surface area (Å²) in [5.74, 6) is -2.92. The maximum absolute atomic E-state index is 11.7. The van der Waals surface area contributed by atoms with Crippen molar-refractivity contribution < 1.29 is 19.4 Å². The van der Waals surface area contributed by atoms with Gasteiger partial charge in [-0.15, -0.1) is 0 Å². The number of nitrogens with two attached hydrogens (primary N) is 1. The lowest BCUT2D eigenvalue weighted by molar-refractivity contribution is -0.255. The van der Waals surface area contributed by atoms with Crippen LogP contribution in [0.15, 0.2) is 60.7 Å². The first-order valence-electron chi connectivity index (χ1n) is 7.45. The fourth-order valence-electron chi connectivity index (χ4n) is 2.15. The van der Waals surface area contributed by atoms with Crippen molar-refractivity contribution in [2.24, 2.45) is 5.73 Å². The summed E-state index contributed by atoms with van der Waals surface area (Å²) < 4.78 is 11.3. The van der Waals surface area contributed by atoms with Crippen molar-refractivity contribution in [3.8, 4) is 0 Å². The molecule has 23 heavy (non-hydrogen) atoms. The van der Waals surface area contributed by atoms with Gasteiger partial charge < -0.3 is 20.3 Å². The molecule has 0 bridgehead atoms. The Labute approximate surface area is 135 Å². The second kappa shape index (κ2) is 8.43. The molecule has 122 valence electrons. The smallest absolute Gasteiger partial charge is 0.364 e. The molecule has 0 spiro atoms. The van der Waals surface area contributed by atoms with E-state index in [4.69, 9.17) is 15.2 Å². The quantitative estimate of drug-likeness (QED) is 0.695. The standard InChI is InChI=1S/C18H21NO4/c19-12-11-18(17(20)21,22-13-15-7-3-1-4-8-15)23-14-16-9-5-2-6-10-16/h1-10H,11-14,19H2,(H,20,21). The van der Waals surface area contributed by atoms with Crippen LogP contribution in [0.5, 0.6) is 0 Å². The molecule has 0 aliphatic carbocycles. The topological polar surface area (TPSA) is 81.8 Å². The number of hydrogen-bond donors (Lipinski definition) is 2. The van der Waals surface area contributed by atoms with Crippen LogP contribution >= 0.6 is 0 Å². The molecule has 0 heterocycles. The Morgan fingerprint density at radius 1 is 0.913 bits per heavy atom. The van der Waals surface area contributed by atoms with Gasteiger partial charge in [-0.25, -0.2) is 4.79 Å². The fourth-order valence-corrected chi connectivity index (χ4v) is 2.15. The molecular weight excluding hydrogens is 294 g/mol. The molecule has 0 aliphatic rings. The average molecular weight is 315 g/mol. The van der Waals surface area contributed by atoms with E-state index >= 15 is 0 Å². The van der Waals surface area contributed by atoms with Crippen LogP contribution in [0.2, 0.25) is 0 Å². The van der Waals surface area contributed by atoms with Crippen LogP contribution in [0.1, 0.15) is 17.5 Å². The number of ether oxygens (including phenoxy) is 2. The number of rotatable bonds is 9. The van der Waals surface area contributed by atoms with E-state index in [1.807, 2.05) is 60.7 Å². The predicted molar refractivity (Wildman–Crippen MR) is 86.5 cm³/mol. The van der Waals surface area contributed by atoms with Crippen LogP contribution in [-0.2, 0) is 27.5 Å². The Morgan fingerprint density at radius 2 is 1.35 bits per heavy atom. The van der Waals surface area contributed by atoms with Gasteiger partial charge in [0, 0.05) is 6.42 Å². The summed E-state index contributed by atoms with van der Waals surface area (Å²) in [7, 11) is 0. The Hall–Kier alpha value is -2.21. The zero-order valence-corrected chi connectivity index (χ0v) is 12.9. The summed E-state index contributed by atoms with van der Waals surface area (Å²) >= 11 is 0. The lowest BCUT2D eigenvalue weighted by atomic mass is 10.1. The molecule has 0 unspecified atom stereocenters. The zero-order chi connectivity index (χ0) is 16.5. The van der Waals surface area contributed by atoms with E-state index in [-0.39, 0.29) is 26.2 Å². The molecule has 2 aromatic rings. The van der Waals surface area contributed by atoms with Crippen LogP contribution in [0.25, 0.3) is 0 Å². The molecule has 5 heteroatoms. The Balaban J connectivity index is 2.09. The van der Waals surface area contributed by atoms with Crippen molar-refractivity contribution >= 4 is 5.97 Å². The number of carbonyl (C=O) groups is 1. The SMILES string of the molecule is NCCC(OCc1ccccc1)(OCc1ccccc1)C(=O)O. The molecule has 0 aromatic heterocycles. The van der Waals surface area contributed by atoms with Gasteiger partial charge in [-0.1, -0.05) is 60.7 Å². The maximum atomic E-state index is 11.7. The first-order chi connectivity index (χ1) is 11.2. The molecule has 0 saturated carbocycles. The van der Waals surface area contributed by atoms with E-state index < -0.39 is 11.8 Å². The number of benzene rings is 2. The second-order valence-electron chi connectivity index (χ2n) is 5.15. The minimum atomic E-state index is -1.75. The van der Waals surface area contributed by atoms with Crippen molar-refractivity contribution in [1.82, 2.24) is 0 Å². The van der Waals surface area contributed by atoms with Crippen molar-refractivity contribution in [3.05, 3.63) is 71.8 Å². The normalized spacial score (nSPS) is 11.3. The van der Waals surface area contributed by atoms with Gasteiger partial charge in [0.1, 0.15) is 0 Å². The summed E-state index contributed by atoms with van der Waals surface area (Å²) in [4.78, 5) is 11.7. The number of aliphatic carboxylic acids is 1. The van der Waals surface area contributed by atoms with E-state index in [0.717, 1.165) is 11.1 Å². The van der Waals surface area contributed by atoms with Gasteiger partial charge in [0.05, 0.1) is 13.2 Å². The summed E-state index contributed by atoms with van der Waals surface area (Å²) in [6.07, 6.45) is 0.0714. The van der Waals surface area contributed by atoms with Crippen LogP contribution in [0, 0.1) is 0 Å². The van der Waals surface area contributed by atoms with Gasteiger partial charge in [-0.3, -0.25) is 0 Å². The minimum Gasteiger partial charge on any atom is -0.477 e. The third-order valence-corrected chi connectivity index (χ3v) is 3.43. The molecule has 0 fully saturated rings. The van der Waals surface area contributed by atoms with Crippen LogP contribution in [-0.4, -0.2) is 23.4 Å². The van der Waals surface area contributed by atoms with E-state index in [2.05, 4.69) is 0 Å². The molecule has 5 nitrogen and oxygen atoms in total. The van der Waals surface area contributed by atoms with Gasteiger partial charge in [-0.2, -0.15) is 0 Å². The molecule has 0 amide bonds. The molecular formula is C18H21NO4. The molecule has 0 saturated heterocycles. The summed E-state index contributed by atoms with van der Waals surface area (Å²) in [5.41, 5.74) is 7.31. The zero-order valence-electron chi connectivity index (χ0n) is 12.9. The van der Waals surface area contributed by atoms with Crippen molar-refractivity contribution in [2.75, 3.05) is 6.54 Å². The van der Waals surface area contributed by atoms with Gasteiger partial charge in [0.2, 0.25) is 0 Å². The minimum absolute atomic E-state index is 0.0714. The Morgan fingerprint density at radius 3 is 1.70 bits per heavy atom. The number of carboxylic acids is 1. The summed E-state index contributed by atoms with van der Waals surface area (Å²) in [6, 6.07) is 18.7. The molecule has 0 radical (unpaired) electrons. The van der Waals surface area contributed by atoms with E-state index in [0.29, 0.717) is 0 Å². The molecule has 0 atom stereocenters. The number of carboxylic acid groups (broad SMARTS) is 1. The van der Waals surface area contributed by atoms with Crippen molar-refractivity contribution in [1.29, 1.82) is 0 Å². The fraction of sp³-hybridized carbons (Fsp3) is 0.278. The highest BCUT2D eigenvalue weighted by molar-refractivity contribution is 5.75. The van der Waals surface area contributed by atoms with E-state index in [1.54, 1.807) is 0 Å². The van der Waals surface area contributed by atoms with Gasteiger partial charge in [-0.05, 0) is 17.7 Å². The average Bonchev–Trinajstić information content (AvgIpc) is 2.59. The molecule has 2 aromatic carbocycles. The molecule has 3 N–H and O–H groups in total. The summed E-state index contributed by atoms with van der Waals surface area (Å²) in [5, 5.41) is 9.61. The highest BCUT2D eigenvalue weighted by Gasteiger charge is 2.40. The highest BCUT2D eigenvalue weighted by Crippen LogP contribution is 2.22. The lowest BCUT2D eigenvalue weighted by Gasteiger charge is -2.29. The molecule has 2 rings (SSSR count). The number of hydrogen-bond acceptors (Lipinski definition) is 4. The Kier molecular flexibility index (Phi) is 6.29. The maximum Gasteiger partial charge on any atom is 0.364 e. The first-order valence-corrected chi connectivity index (χ1v) is 7.45. The lowest BCUT2D eigenvalue weighted by Crippen LogP contribution is -2.45. The van der Waals surface area contributed by atoms with E-state index in [9.17, 15) is 9.90 Å². The van der Waals surface area contributed by atoms with Crippen molar-refractivity contribution in [2.45, 2.75) is 25.4 Å². The molecule has 0 aliphatic heterocycles. The van der Waals surface area contributed by atoms with Crippen LogP contribution < -0.4 is 5.73 Å². The van der Waals surface area contributed by atoms with Gasteiger partial charge in [0.25, 0.3) is 5.79 Å². The first kappa shape index (κ1) is 17.1. The summed E-state index contributed by atoms with van der Waals surface area (Å²) in [6.45, 7) is 0.430.